The summed E-state index contributed by atoms with van der Waals surface area (Å²) in [6.07, 6.45) is 0.809. The lowest BCUT2D eigenvalue weighted by molar-refractivity contribution is 0.564. The van der Waals surface area contributed by atoms with Gasteiger partial charge in [0.1, 0.15) is 5.82 Å². The predicted molar refractivity (Wildman–Crippen MR) is 72.1 cm³/mol. The first-order valence-electron chi connectivity index (χ1n) is 6.22. The number of aromatic nitrogens is 2. The molecule has 0 saturated heterocycles. The third-order valence-corrected chi connectivity index (χ3v) is 2.84. The molecule has 0 fully saturated rings. The van der Waals surface area contributed by atoms with Crippen molar-refractivity contribution in [1.29, 1.82) is 0 Å². The van der Waals surface area contributed by atoms with Gasteiger partial charge in [0.05, 0.1) is 5.69 Å². The van der Waals surface area contributed by atoms with Crippen LogP contribution in [0, 0.1) is 5.82 Å². The SMILES string of the molecule is CCCn1nc(-c2ccc(F)cc2)cc(CN)c1=O. The van der Waals surface area contributed by atoms with Gasteiger partial charge in [0.15, 0.2) is 0 Å². The van der Waals surface area contributed by atoms with E-state index < -0.39 is 0 Å². The lowest BCUT2D eigenvalue weighted by Gasteiger charge is -2.09. The van der Waals surface area contributed by atoms with Crippen molar-refractivity contribution in [1.82, 2.24) is 9.78 Å². The second kappa shape index (κ2) is 5.75. The highest BCUT2D eigenvalue weighted by Crippen LogP contribution is 2.17. The maximum atomic E-state index is 12.9. The fraction of sp³-hybridized carbons (Fsp3) is 0.286. The van der Waals surface area contributed by atoms with E-state index >= 15 is 0 Å². The molecule has 2 N–H and O–H groups in total. The molecule has 0 radical (unpaired) electrons. The van der Waals surface area contributed by atoms with Gasteiger partial charge in [-0.15, -0.1) is 0 Å². The number of halogens is 1. The molecule has 1 aromatic carbocycles. The molecule has 0 bridgehead atoms. The van der Waals surface area contributed by atoms with Crippen LogP contribution in [0.25, 0.3) is 11.3 Å². The predicted octanol–water partition coefficient (Wildman–Crippen LogP) is 1.92. The number of hydrogen-bond acceptors (Lipinski definition) is 3. The lowest BCUT2D eigenvalue weighted by Crippen LogP contribution is -2.28. The Kier molecular flexibility index (Phi) is 4.06. The quantitative estimate of drug-likeness (QED) is 0.914. The van der Waals surface area contributed by atoms with Crippen molar-refractivity contribution in [3.8, 4) is 11.3 Å². The lowest BCUT2D eigenvalue weighted by atomic mass is 10.1. The molecule has 0 saturated carbocycles. The highest BCUT2D eigenvalue weighted by atomic mass is 19.1. The van der Waals surface area contributed by atoms with Gasteiger partial charge in [-0.05, 0) is 36.8 Å². The monoisotopic (exact) mass is 261 g/mol. The summed E-state index contributed by atoms with van der Waals surface area (Å²) < 4.78 is 14.3. The van der Waals surface area contributed by atoms with Gasteiger partial charge in [0.25, 0.3) is 5.56 Å². The summed E-state index contributed by atoms with van der Waals surface area (Å²) in [6.45, 7) is 2.68. The Hall–Kier alpha value is -2.01. The van der Waals surface area contributed by atoms with Gasteiger partial charge >= 0.3 is 0 Å². The Bertz CT molecular complexity index is 620. The molecular weight excluding hydrogens is 245 g/mol. The molecule has 4 nitrogen and oxygen atoms in total. The minimum atomic E-state index is -0.301. The second-order valence-corrected chi connectivity index (χ2v) is 4.29. The fourth-order valence-corrected chi connectivity index (χ4v) is 1.87. The van der Waals surface area contributed by atoms with E-state index in [0.717, 1.165) is 12.0 Å². The van der Waals surface area contributed by atoms with Crippen LogP contribution in [0.15, 0.2) is 35.1 Å². The molecule has 0 unspecified atom stereocenters. The maximum Gasteiger partial charge on any atom is 0.271 e. The molecule has 100 valence electrons. The molecule has 0 aliphatic heterocycles. The van der Waals surface area contributed by atoms with Crippen LogP contribution in [-0.4, -0.2) is 9.78 Å². The van der Waals surface area contributed by atoms with Crippen molar-refractivity contribution >= 4 is 0 Å². The van der Waals surface area contributed by atoms with E-state index in [1.807, 2.05) is 6.92 Å². The minimum absolute atomic E-state index is 0.157. The van der Waals surface area contributed by atoms with Gasteiger partial charge in [-0.2, -0.15) is 5.10 Å². The Morgan fingerprint density at radius 3 is 2.58 bits per heavy atom. The van der Waals surface area contributed by atoms with E-state index in [0.29, 0.717) is 17.8 Å². The molecule has 2 rings (SSSR count). The summed E-state index contributed by atoms with van der Waals surface area (Å²) in [5, 5.41) is 4.30. The largest absolute Gasteiger partial charge is 0.326 e. The van der Waals surface area contributed by atoms with Crippen LogP contribution in [0.4, 0.5) is 4.39 Å². The van der Waals surface area contributed by atoms with Crippen molar-refractivity contribution in [2.24, 2.45) is 5.73 Å². The fourth-order valence-electron chi connectivity index (χ4n) is 1.87. The molecule has 0 spiro atoms. The number of nitrogens with two attached hydrogens (primary N) is 1. The highest BCUT2D eigenvalue weighted by Gasteiger charge is 2.08. The van der Waals surface area contributed by atoms with E-state index in [1.54, 1.807) is 18.2 Å². The molecule has 0 atom stereocenters. The zero-order valence-corrected chi connectivity index (χ0v) is 10.8. The summed E-state index contributed by atoms with van der Waals surface area (Å²) in [6, 6.07) is 7.68. The molecule has 19 heavy (non-hydrogen) atoms. The van der Waals surface area contributed by atoms with Crippen LogP contribution < -0.4 is 11.3 Å². The molecule has 0 amide bonds. The van der Waals surface area contributed by atoms with Crippen molar-refractivity contribution in [3.05, 3.63) is 52.1 Å². The van der Waals surface area contributed by atoms with Crippen LogP contribution in [0.3, 0.4) is 0 Å². The van der Waals surface area contributed by atoms with Crippen molar-refractivity contribution in [2.75, 3.05) is 0 Å². The van der Waals surface area contributed by atoms with Gasteiger partial charge < -0.3 is 5.73 Å². The zero-order chi connectivity index (χ0) is 13.8. The summed E-state index contributed by atoms with van der Waals surface area (Å²) in [4.78, 5) is 12.0. The summed E-state index contributed by atoms with van der Waals surface area (Å²) >= 11 is 0. The number of nitrogens with zero attached hydrogens (tertiary/aromatic N) is 2. The van der Waals surface area contributed by atoms with E-state index in [-0.39, 0.29) is 17.9 Å². The van der Waals surface area contributed by atoms with E-state index in [9.17, 15) is 9.18 Å². The topological polar surface area (TPSA) is 60.9 Å². The number of aryl methyl sites for hydroxylation is 1. The van der Waals surface area contributed by atoms with Crippen LogP contribution in [0.1, 0.15) is 18.9 Å². The first kappa shape index (κ1) is 13.4. The maximum absolute atomic E-state index is 12.9. The highest BCUT2D eigenvalue weighted by molar-refractivity contribution is 5.58. The standard InChI is InChI=1S/C14H16FN3O/c1-2-7-18-14(19)11(9-16)8-13(17-18)10-3-5-12(15)6-4-10/h3-6,8H,2,7,9,16H2,1H3. The van der Waals surface area contributed by atoms with Gasteiger partial charge in [0, 0.05) is 24.2 Å². The average Bonchev–Trinajstić information content (AvgIpc) is 2.42. The molecule has 0 aliphatic carbocycles. The third-order valence-electron chi connectivity index (χ3n) is 2.84. The van der Waals surface area contributed by atoms with Crippen LogP contribution >= 0.6 is 0 Å². The normalized spacial score (nSPS) is 10.7. The van der Waals surface area contributed by atoms with Crippen molar-refractivity contribution < 1.29 is 4.39 Å². The summed E-state index contributed by atoms with van der Waals surface area (Å²) in [7, 11) is 0. The summed E-state index contributed by atoms with van der Waals surface area (Å²) in [5.41, 5.74) is 7.34. The van der Waals surface area contributed by atoms with Gasteiger partial charge in [-0.3, -0.25) is 4.79 Å². The van der Waals surface area contributed by atoms with E-state index in [2.05, 4.69) is 5.10 Å². The number of benzene rings is 1. The van der Waals surface area contributed by atoms with Crippen LogP contribution in [0.5, 0.6) is 0 Å². The van der Waals surface area contributed by atoms with Crippen molar-refractivity contribution in [3.63, 3.8) is 0 Å². The number of hydrogen-bond donors (Lipinski definition) is 1. The summed E-state index contributed by atoms with van der Waals surface area (Å²) in [5.74, 6) is -0.301. The van der Waals surface area contributed by atoms with Crippen LogP contribution in [0.2, 0.25) is 0 Å². The molecule has 0 aliphatic rings. The number of rotatable bonds is 4. The minimum Gasteiger partial charge on any atom is -0.326 e. The average molecular weight is 261 g/mol. The smallest absolute Gasteiger partial charge is 0.271 e. The Balaban J connectivity index is 2.54. The van der Waals surface area contributed by atoms with Gasteiger partial charge in [0.2, 0.25) is 0 Å². The van der Waals surface area contributed by atoms with Crippen LogP contribution in [-0.2, 0) is 13.1 Å². The van der Waals surface area contributed by atoms with E-state index in [4.69, 9.17) is 5.73 Å². The first-order chi connectivity index (χ1) is 9.15. The second-order valence-electron chi connectivity index (χ2n) is 4.29. The Morgan fingerprint density at radius 1 is 1.32 bits per heavy atom. The molecule has 5 heteroatoms. The molecule has 1 heterocycles. The third kappa shape index (κ3) is 2.88. The van der Waals surface area contributed by atoms with Gasteiger partial charge in [-0.1, -0.05) is 6.92 Å². The first-order valence-corrected chi connectivity index (χ1v) is 6.22. The molecular formula is C14H16FN3O. The molecule has 2 aromatic rings. The van der Waals surface area contributed by atoms with E-state index in [1.165, 1.54) is 16.8 Å². The molecule has 1 aromatic heterocycles. The van der Waals surface area contributed by atoms with Gasteiger partial charge in [-0.25, -0.2) is 9.07 Å². The van der Waals surface area contributed by atoms with Crippen molar-refractivity contribution in [2.45, 2.75) is 26.4 Å². The Morgan fingerprint density at radius 2 is 2.00 bits per heavy atom. The zero-order valence-electron chi connectivity index (χ0n) is 10.8. The Labute approximate surface area is 110 Å².